The molecule has 1 amide bonds. The lowest BCUT2D eigenvalue weighted by atomic mass is 9.84. The van der Waals surface area contributed by atoms with E-state index in [9.17, 15) is 10.1 Å². The second-order valence-electron chi connectivity index (χ2n) is 7.95. The number of rotatable bonds is 10. The molecule has 30 heavy (non-hydrogen) atoms. The van der Waals surface area contributed by atoms with Crippen molar-refractivity contribution in [3.05, 3.63) is 29.3 Å². The predicted molar refractivity (Wildman–Crippen MR) is 108 cm³/mol. The summed E-state index contributed by atoms with van der Waals surface area (Å²) in [5, 5.41) is 18.0. The molecule has 0 spiro atoms. The summed E-state index contributed by atoms with van der Waals surface area (Å²) in [5.41, 5.74) is 0.671. The molecule has 1 aromatic rings. The standard InChI is InChI=1S/C22H30N2O6/c1-22(2)21(29-13-12-28-11-10-27-9-8-25)20(24-7-3-4-19(24)26)17-14-16(15-23)5-6-18(17)30-22/h5-6,14,20-21,25H,3-4,7-13H2,1-2H3/t20-,21+/m1/s1. The van der Waals surface area contributed by atoms with Crippen molar-refractivity contribution in [1.29, 1.82) is 5.26 Å². The van der Waals surface area contributed by atoms with Crippen molar-refractivity contribution in [2.24, 2.45) is 0 Å². The van der Waals surface area contributed by atoms with Crippen LogP contribution in [0.15, 0.2) is 18.2 Å². The largest absolute Gasteiger partial charge is 0.485 e. The zero-order valence-corrected chi connectivity index (χ0v) is 17.6. The number of fused-ring (bicyclic) bond motifs is 1. The van der Waals surface area contributed by atoms with E-state index in [1.54, 1.807) is 18.2 Å². The minimum absolute atomic E-state index is 0.00846. The Hall–Kier alpha value is -2.18. The highest BCUT2D eigenvalue weighted by Crippen LogP contribution is 2.45. The molecule has 2 aliphatic rings. The van der Waals surface area contributed by atoms with Crippen LogP contribution in [0, 0.1) is 11.3 Å². The number of likely N-dealkylation sites (tertiary alicyclic amines) is 1. The molecule has 1 aromatic carbocycles. The first kappa shape index (κ1) is 22.5. The van der Waals surface area contributed by atoms with Crippen molar-refractivity contribution < 1.29 is 28.8 Å². The Kier molecular flexibility index (Phi) is 7.67. The molecule has 2 heterocycles. The fourth-order valence-electron chi connectivity index (χ4n) is 4.03. The van der Waals surface area contributed by atoms with Gasteiger partial charge in [0.1, 0.15) is 17.5 Å². The van der Waals surface area contributed by atoms with Crippen LogP contribution in [0.2, 0.25) is 0 Å². The third-order valence-corrected chi connectivity index (χ3v) is 5.38. The smallest absolute Gasteiger partial charge is 0.223 e. The fraction of sp³-hybridized carbons (Fsp3) is 0.636. The summed E-state index contributed by atoms with van der Waals surface area (Å²) < 4.78 is 23.1. The van der Waals surface area contributed by atoms with Crippen LogP contribution >= 0.6 is 0 Å². The van der Waals surface area contributed by atoms with Crippen molar-refractivity contribution in [2.75, 3.05) is 46.2 Å². The Morgan fingerprint density at radius 3 is 2.63 bits per heavy atom. The number of aliphatic hydroxyl groups is 1. The highest BCUT2D eigenvalue weighted by molar-refractivity contribution is 5.79. The Morgan fingerprint density at radius 2 is 1.97 bits per heavy atom. The van der Waals surface area contributed by atoms with Crippen LogP contribution in [-0.4, -0.2) is 73.8 Å². The molecule has 1 fully saturated rings. The molecule has 1 saturated heterocycles. The quantitative estimate of drug-likeness (QED) is 0.578. The lowest BCUT2D eigenvalue weighted by molar-refractivity contribution is -0.151. The number of hydrogen-bond acceptors (Lipinski definition) is 7. The van der Waals surface area contributed by atoms with Crippen molar-refractivity contribution in [1.82, 2.24) is 4.90 Å². The lowest BCUT2D eigenvalue weighted by Gasteiger charge is -2.47. The van der Waals surface area contributed by atoms with E-state index in [-0.39, 0.29) is 18.6 Å². The third kappa shape index (κ3) is 5.10. The topological polar surface area (TPSA) is 101 Å². The normalized spacial score (nSPS) is 22.5. The molecular weight excluding hydrogens is 388 g/mol. The van der Waals surface area contributed by atoms with Crippen molar-refractivity contribution in [3.63, 3.8) is 0 Å². The van der Waals surface area contributed by atoms with E-state index in [0.29, 0.717) is 57.3 Å². The molecular formula is C22H30N2O6. The molecule has 164 valence electrons. The van der Waals surface area contributed by atoms with Gasteiger partial charge in [0.05, 0.1) is 57.3 Å². The Bertz CT molecular complexity index is 775. The van der Waals surface area contributed by atoms with Gasteiger partial charge in [-0.3, -0.25) is 4.79 Å². The first-order chi connectivity index (χ1) is 14.5. The molecule has 1 N–H and O–H groups in total. The van der Waals surface area contributed by atoms with E-state index in [0.717, 1.165) is 12.0 Å². The van der Waals surface area contributed by atoms with Crippen LogP contribution in [0.25, 0.3) is 0 Å². The van der Waals surface area contributed by atoms with Crippen LogP contribution in [0.1, 0.15) is 43.9 Å². The summed E-state index contributed by atoms with van der Waals surface area (Å²) in [6.07, 6.45) is 0.928. The van der Waals surface area contributed by atoms with Crippen LogP contribution in [-0.2, 0) is 19.0 Å². The van der Waals surface area contributed by atoms with Gasteiger partial charge in [-0.2, -0.15) is 5.26 Å². The zero-order valence-electron chi connectivity index (χ0n) is 17.6. The molecule has 0 radical (unpaired) electrons. The number of nitrogens with zero attached hydrogens (tertiary/aromatic N) is 2. The van der Waals surface area contributed by atoms with Crippen molar-refractivity contribution in [3.8, 4) is 11.8 Å². The number of carbonyl (C=O) groups excluding carboxylic acids is 1. The average Bonchev–Trinajstić information content (AvgIpc) is 3.14. The molecule has 8 nitrogen and oxygen atoms in total. The fourth-order valence-corrected chi connectivity index (χ4v) is 4.03. The first-order valence-electron chi connectivity index (χ1n) is 10.4. The first-order valence-corrected chi connectivity index (χ1v) is 10.4. The van der Waals surface area contributed by atoms with Gasteiger partial charge in [-0.25, -0.2) is 0 Å². The summed E-state index contributed by atoms with van der Waals surface area (Å²) >= 11 is 0. The summed E-state index contributed by atoms with van der Waals surface area (Å²) in [6, 6.07) is 7.18. The zero-order chi connectivity index (χ0) is 21.6. The minimum Gasteiger partial charge on any atom is -0.485 e. The maximum atomic E-state index is 12.6. The molecule has 0 unspecified atom stereocenters. The average molecular weight is 418 g/mol. The number of nitriles is 1. The Labute approximate surface area is 177 Å². The van der Waals surface area contributed by atoms with Gasteiger partial charge in [-0.1, -0.05) is 0 Å². The van der Waals surface area contributed by atoms with E-state index >= 15 is 0 Å². The van der Waals surface area contributed by atoms with Crippen LogP contribution < -0.4 is 4.74 Å². The van der Waals surface area contributed by atoms with Crippen molar-refractivity contribution in [2.45, 2.75) is 44.4 Å². The summed E-state index contributed by atoms with van der Waals surface area (Å²) in [6.45, 7) is 6.39. The maximum Gasteiger partial charge on any atom is 0.223 e. The van der Waals surface area contributed by atoms with E-state index in [1.807, 2.05) is 18.7 Å². The number of benzene rings is 1. The highest BCUT2D eigenvalue weighted by atomic mass is 16.6. The summed E-state index contributed by atoms with van der Waals surface area (Å²) in [4.78, 5) is 14.5. The monoisotopic (exact) mass is 418 g/mol. The molecule has 0 saturated carbocycles. The molecule has 0 aliphatic carbocycles. The summed E-state index contributed by atoms with van der Waals surface area (Å²) in [5.74, 6) is 0.776. The van der Waals surface area contributed by atoms with E-state index in [2.05, 4.69) is 6.07 Å². The molecule has 2 atom stereocenters. The number of hydrogen-bond donors (Lipinski definition) is 1. The lowest BCUT2D eigenvalue weighted by Crippen LogP contribution is -2.55. The Morgan fingerprint density at radius 1 is 1.23 bits per heavy atom. The SMILES string of the molecule is CC1(C)Oc2ccc(C#N)cc2[C@@H](N2CCCC2=O)[C@@H]1OCCOCCOCCO. The third-order valence-electron chi connectivity index (χ3n) is 5.38. The predicted octanol–water partition coefficient (Wildman–Crippen LogP) is 1.80. The van der Waals surface area contributed by atoms with Gasteiger partial charge in [0.25, 0.3) is 0 Å². The van der Waals surface area contributed by atoms with Gasteiger partial charge in [-0.05, 0) is 38.5 Å². The second kappa shape index (κ2) is 10.2. The number of carbonyl (C=O) groups is 1. The molecule has 8 heteroatoms. The van der Waals surface area contributed by atoms with E-state index in [4.69, 9.17) is 24.1 Å². The molecule has 2 aliphatic heterocycles. The van der Waals surface area contributed by atoms with Crippen molar-refractivity contribution >= 4 is 5.91 Å². The molecule has 3 rings (SSSR count). The van der Waals surface area contributed by atoms with Gasteiger partial charge in [0.2, 0.25) is 5.91 Å². The number of ether oxygens (including phenoxy) is 4. The van der Waals surface area contributed by atoms with Gasteiger partial charge in [0.15, 0.2) is 0 Å². The number of amides is 1. The Balaban J connectivity index is 1.74. The highest BCUT2D eigenvalue weighted by Gasteiger charge is 2.49. The van der Waals surface area contributed by atoms with E-state index < -0.39 is 11.7 Å². The van der Waals surface area contributed by atoms with Gasteiger partial charge in [-0.15, -0.1) is 0 Å². The molecule has 0 bridgehead atoms. The van der Waals surface area contributed by atoms with Gasteiger partial charge >= 0.3 is 0 Å². The van der Waals surface area contributed by atoms with Gasteiger partial charge < -0.3 is 29.0 Å². The van der Waals surface area contributed by atoms with Gasteiger partial charge in [0, 0.05) is 18.5 Å². The molecule has 0 aromatic heterocycles. The van der Waals surface area contributed by atoms with Crippen LogP contribution in [0.4, 0.5) is 0 Å². The van der Waals surface area contributed by atoms with Crippen LogP contribution in [0.5, 0.6) is 5.75 Å². The number of aliphatic hydroxyl groups excluding tert-OH is 1. The second-order valence-corrected chi connectivity index (χ2v) is 7.95. The minimum atomic E-state index is -0.668. The van der Waals surface area contributed by atoms with Crippen LogP contribution in [0.3, 0.4) is 0 Å². The maximum absolute atomic E-state index is 12.6. The van der Waals surface area contributed by atoms with E-state index in [1.165, 1.54) is 0 Å². The summed E-state index contributed by atoms with van der Waals surface area (Å²) in [7, 11) is 0.